The van der Waals surface area contributed by atoms with Gasteiger partial charge in [-0.1, -0.05) is 17.7 Å². The van der Waals surface area contributed by atoms with Gasteiger partial charge in [-0.15, -0.1) is 0 Å². The Morgan fingerprint density at radius 1 is 1.24 bits per heavy atom. The maximum atomic E-state index is 13.4. The molecule has 0 aliphatic rings. The van der Waals surface area contributed by atoms with Crippen LogP contribution in [0, 0.1) is 12.7 Å². The smallest absolute Gasteiger partial charge is 0.257 e. The van der Waals surface area contributed by atoms with Gasteiger partial charge in [-0.25, -0.2) is 4.39 Å². The molecule has 0 aliphatic carbocycles. The van der Waals surface area contributed by atoms with Crippen molar-refractivity contribution in [3.8, 4) is 0 Å². The quantitative estimate of drug-likeness (QED) is 0.875. The van der Waals surface area contributed by atoms with Crippen molar-refractivity contribution >= 4 is 28.9 Å². The molecule has 110 valence electrons. The molecule has 0 saturated carbocycles. The molecule has 2 rings (SSSR count). The number of carbonyl (C=O) groups excluding carboxylic acids is 1. The van der Waals surface area contributed by atoms with E-state index < -0.39 is 5.82 Å². The highest BCUT2D eigenvalue weighted by Gasteiger charge is 2.12. The summed E-state index contributed by atoms with van der Waals surface area (Å²) in [5.74, 6) is -0.863. The minimum atomic E-state index is -0.565. The third-order valence-electron chi connectivity index (χ3n) is 2.96. The monoisotopic (exact) mass is 306 g/mol. The molecule has 0 aromatic heterocycles. The minimum absolute atomic E-state index is 0.0247. The Morgan fingerprint density at radius 2 is 2.00 bits per heavy atom. The first kappa shape index (κ1) is 15.3. The van der Waals surface area contributed by atoms with Gasteiger partial charge in [-0.05, 0) is 49.7 Å². The van der Waals surface area contributed by atoms with Crippen molar-refractivity contribution in [2.45, 2.75) is 13.8 Å². The highest BCUT2D eigenvalue weighted by atomic mass is 35.5. The van der Waals surface area contributed by atoms with Crippen LogP contribution >= 0.6 is 11.6 Å². The van der Waals surface area contributed by atoms with E-state index in [0.717, 1.165) is 11.3 Å². The predicted octanol–water partition coefficient (Wildman–Crippen LogP) is 4.47. The second kappa shape index (κ2) is 6.59. The maximum absolute atomic E-state index is 13.4. The molecule has 2 N–H and O–H groups in total. The first-order valence-corrected chi connectivity index (χ1v) is 7.00. The van der Waals surface area contributed by atoms with Gasteiger partial charge in [0.1, 0.15) is 5.82 Å². The second-order valence-electron chi connectivity index (χ2n) is 4.66. The number of carbonyl (C=O) groups is 1. The van der Waals surface area contributed by atoms with Crippen LogP contribution in [-0.4, -0.2) is 12.5 Å². The fraction of sp³-hybridized carbons (Fsp3) is 0.188. The summed E-state index contributed by atoms with van der Waals surface area (Å²) in [6.07, 6.45) is 0. The van der Waals surface area contributed by atoms with E-state index in [1.807, 2.05) is 26.0 Å². The number of anilines is 2. The van der Waals surface area contributed by atoms with E-state index in [4.69, 9.17) is 11.6 Å². The van der Waals surface area contributed by atoms with Crippen LogP contribution in [0.4, 0.5) is 15.8 Å². The van der Waals surface area contributed by atoms with E-state index >= 15 is 0 Å². The van der Waals surface area contributed by atoms with Crippen molar-refractivity contribution in [1.29, 1.82) is 0 Å². The van der Waals surface area contributed by atoms with Crippen molar-refractivity contribution in [2.75, 3.05) is 17.2 Å². The highest BCUT2D eigenvalue weighted by Crippen LogP contribution is 2.22. The summed E-state index contributed by atoms with van der Waals surface area (Å²) in [7, 11) is 0. The number of halogens is 2. The van der Waals surface area contributed by atoms with E-state index in [2.05, 4.69) is 10.6 Å². The Hall–Kier alpha value is -2.07. The topological polar surface area (TPSA) is 41.1 Å². The molecule has 0 saturated heterocycles. The van der Waals surface area contributed by atoms with Crippen LogP contribution in [-0.2, 0) is 0 Å². The average molecular weight is 307 g/mol. The molecule has 0 aliphatic heterocycles. The summed E-state index contributed by atoms with van der Waals surface area (Å²) < 4.78 is 13.4. The molecular weight excluding hydrogens is 291 g/mol. The van der Waals surface area contributed by atoms with Gasteiger partial charge in [0.25, 0.3) is 5.91 Å². The molecule has 21 heavy (non-hydrogen) atoms. The predicted molar refractivity (Wildman–Crippen MR) is 84.7 cm³/mol. The van der Waals surface area contributed by atoms with Gasteiger partial charge < -0.3 is 10.6 Å². The van der Waals surface area contributed by atoms with Crippen molar-refractivity contribution in [3.63, 3.8) is 0 Å². The number of amides is 1. The standard InChI is InChI=1S/C16H16ClFN2O/c1-3-19-15-8-10(2)4-6-12(15)16(21)20-11-5-7-13(17)14(18)9-11/h4-9,19H,3H2,1-2H3,(H,20,21). The van der Waals surface area contributed by atoms with E-state index in [-0.39, 0.29) is 10.9 Å². The normalized spacial score (nSPS) is 10.3. The first-order chi connectivity index (χ1) is 10.0. The molecule has 0 fully saturated rings. The lowest BCUT2D eigenvalue weighted by atomic mass is 10.1. The maximum Gasteiger partial charge on any atom is 0.257 e. The number of rotatable bonds is 4. The SMILES string of the molecule is CCNc1cc(C)ccc1C(=O)Nc1ccc(Cl)c(F)c1. The fourth-order valence-corrected chi connectivity index (χ4v) is 2.08. The van der Waals surface area contributed by atoms with Gasteiger partial charge in [0.05, 0.1) is 10.6 Å². The molecule has 5 heteroatoms. The zero-order chi connectivity index (χ0) is 15.4. The number of aryl methyl sites for hydroxylation is 1. The summed E-state index contributed by atoms with van der Waals surface area (Å²) >= 11 is 5.62. The number of benzene rings is 2. The lowest BCUT2D eigenvalue weighted by Gasteiger charge is -2.12. The van der Waals surface area contributed by atoms with Crippen LogP contribution in [0.2, 0.25) is 5.02 Å². The summed E-state index contributed by atoms with van der Waals surface area (Å²) in [6, 6.07) is 9.67. The largest absolute Gasteiger partial charge is 0.385 e. The van der Waals surface area contributed by atoms with Crippen molar-refractivity contribution < 1.29 is 9.18 Å². The summed E-state index contributed by atoms with van der Waals surface area (Å²) in [6.45, 7) is 4.62. The van der Waals surface area contributed by atoms with Crippen LogP contribution in [0.25, 0.3) is 0 Å². The zero-order valence-corrected chi connectivity index (χ0v) is 12.6. The zero-order valence-electron chi connectivity index (χ0n) is 11.8. The Bertz CT molecular complexity index is 673. The first-order valence-electron chi connectivity index (χ1n) is 6.62. The van der Waals surface area contributed by atoms with Crippen LogP contribution in [0.15, 0.2) is 36.4 Å². The van der Waals surface area contributed by atoms with E-state index in [0.29, 0.717) is 17.8 Å². The minimum Gasteiger partial charge on any atom is -0.385 e. The van der Waals surface area contributed by atoms with E-state index in [9.17, 15) is 9.18 Å². The number of hydrogen-bond donors (Lipinski definition) is 2. The van der Waals surface area contributed by atoms with E-state index in [1.165, 1.54) is 12.1 Å². The molecular formula is C16H16ClFN2O. The van der Waals surface area contributed by atoms with Gasteiger partial charge in [0.2, 0.25) is 0 Å². The van der Waals surface area contributed by atoms with Gasteiger partial charge >= 0.3 is 0 Å². The Morgan fingerprint density at radius 3 is 2.67 bits per heavy atom. The Labute approximate surface area is 128 Å². The second-order valence-corrected chi connectivity index (χ2v) is 5.07. The van der Waals surface area contributed by atoms with Crippen LogP contribution in [0.3, 0.4) is 0 Å². The molecule has 0 unspecified atom stereocenters. The summed E-state index contributed by atoms with van der Waals surface area (Å²) in [5, 5.41) is 5.84. The van der Waals surface area contributed by atoms with Crippen LogP contribution in [0.1, 0.15) is 22.8 Å². The van der Waals surface area contributed by atoms with Crippen LogP contribution in [0.5, 0.6) is 0 Å². The highest BCUT2D eigenvalue weighted by molar-refractivity contribution is 6.30. The summed E-state index contributed by atoms with van der Waals surface area (Å²) in [4.78, 5) is 12.3. The average Bonchev–Trinajstić information content (AvgIpc) is 2.43. The number of nitrogens with one attached hydrogen (secondary N) is 2. The Kier molecular flexibility index (Phi) is 4.81. The lowest BCUT2D eigenvalue weighted by molar-refractivity contribution is 0.102. The third kappa shape index (κ3) is 3.73. The third-order valence-corrected chi connectivity index (χ3v) is 3.27. The molecule has 0 bridgehead atoms. The van der Waals surface area contributed by atoms with Crippen LogP contribution < -0.4 is 10.6 Å². The molecule has 0 spiro atoms. The van der Waals surface area contributed by atoms with Gasteiger partial charge in [0.15, 0.2) is 0 Å². The lowest BCUT2D eigenvalue weighted by Crippen LogP contribution is -2.15. The van der Waals surface area contributed by atoms with Crippen molar-refractivity contribution in [1.82, 2.24) is 0 Å². The molecule has 1 amide bonds. The number of hydrogen-bond acceptors (Lipinski definition) is 2. The van der Waals surface area contributed by atoms with Crippen molar-refractivity contribution in [2.24, 2.45) is 0 Å². The van der Waals surface area contributed by atoms with Crippen molar-refractivity contribution in [3.05, 3.63) is 58.4 Å². The van der Waals surface area contributed by atoms with Gasteiger partial charge in [0, 0.05) is 17.9 Å². The molecule has 2 aromatic carbocycles. The van der Waals surface area contributed by atoms with Gasteiger partial charge in [-0.3, -0.25) is 4.79 Å². The molecule has 0 atom stereocenters. The fourth-order valence-electron chi connectivity index (χ4n) is 1.97. The Balaban J connectivity index is 2.25. The summed E-state index contributed by atoms with van der Waals surface area (Å²) in [5.41, 5.74) is 2.69. The molecule has 2 aromatic rings. The van der Waals surface area contributed by atoms with Gasteiger partial charge in [-0.2, -0.15) is 0 Å². The molecule has 0 radical (unpaired) electrons. The molecule has 0 heterocycles. The van der Waals surface area contributed by atoms with E-state index in [1.54, 1.807) is 12.1 Å². The molecule has 3 nitrogen and oxygen atoms in total.